The van der Waals surface area contributed by atoms with Crippen molar-refractivity contribution in [1.29, 1.82) is 0 Å². The van der Waals surface area contributed by atoms with Crippen LogP contribution in [0, 0.1) is 0 Å². The summed E-state index contributed by atoms with van der Waals surface area (Å²) in [6.07, 6.45) is 0. The predicted octanol–water partition coefficient (Wildman–Crippen LogP) is 5.98. The van der Waals surface area contributed by atoms with Crippen LogP contribution in [0.2, 0.25) is 5.02 Å². The molecule has 0 saturated carbocycles. The smallest absolute Gasteiger partial charge is 0.338 e. The first-order valence-corrected chi connectivity index (χ1v) is 12.3. The van der Waals surface area contributed by atoms with Crippen LogP contribution >= 0.6 is 46.0 Å². The molecule has 4 rings (SSSR count). The number of nitrogens with zero attached hydrogens (tertiary/aromatic N) is 2. The standard InChI is InChI=1S/C21H16ClN3O3S3/c1-2-28-19(27)13-5-3-12(4-6-13)16-10-29-20(23-16)25-18(26)11-30-21-24-15-9-14(22)7-8-17(15)31-21/h3-10H,2,11H2,1H3,(H,23,25,26). The number of hydrogen-bond donors (Lipinski definition) is 1. The van der Waals surface area contributed by atoms with E-state index in [2.05, 4.69) is 15.3 Å². The summed E-state index contributed by atoms with van der Waals surface area (Å²) in [5.74, 6) is -0.272. The lowest BCUT2D eigenvalue weighted by atomic mass is 10.1. The van der Waals surface area contributed by atoms with E-state index in [0.29, 0.717) is 22.3 Å². The van der Waals surface area contributed by atoms with Gasteiger partial charge in [-0.25, -0.2) is 14.8 Å². The molecular formula is C21H16ClN3O3S3. The summed E-state index contributed by atoms with van der Waals surface area (Å²) in [5, 5.41) is 5.84. The number of rotatable bonds is 7. The van der Waals surface area contributed by atoms with Crippen molar-refractivity contribution in [2.75, 3.05) is 17.7 Å². The first kappa shape index (κ1) is 21.8. The fourth-order valence-electron chi connectivity index (χ4n) is 2.68. The highest BCUT2D eigenvalue weighted by Gasteiger charge is 2.12. The number of benzene rings is 2. The van der Waals surface area contributed by atoms with E-state index >= 15 is 0 Å². The first-order chi connectivity index (χ1) is 15.0. The summed E-state index contributed by atoms with van der Waals surface area (Å²) in [4.78, 5) is 33.0. The molecule has 0 unspecified atom stereocenters. The molecule has 0 saturated heterocycles. The van der Waals surface area contributed by atoms with Gasteiger partial charge in [-0.05, 0) is 37.3 Å². The summed E-state index contributed by atoms with van der Waals surface area (Å²) < 4.78 is 6.83. The van der Waals surface area contributed by atoms with Crippen LogP contribution in [0.15, 0.2) is 52.2 Å². The number of nitrogens with one attached hydrogen (secondary N) is 1. The third-order valence-electron chi connectivity index (χ3n) is 4.10. The lowest BCUT2D eigenvalue weighted by Crippen LogP contribution is -2.13. The van der Waals surface area contributed by atoms with Gasteiger partial charge in [0.15, 0.2) is 9.47 Å². The highest BCUT2D eigenvalue weighted by Crippen LogP contribution is 2.31. The second-order valence-electron chi connectivity index (χ2n) is 6.26. The first-order valence-electron chi connectivity index (χ1n) is 9.23. The van der Waals surface area contributed by atoms with E-state index in [1.807, 2.05) is 35.7 Å². The normalized spacial score (nSPS) is 10.9. The molecule has 4 aromatic rings. The number of anilines is 1. The van der Waals surface area contributed by atoms with E-state index in [1.54, 1.807) is 19.1 Å². The summed E-state index contributed by atoms with van der Waals surface area (Å²) in [5.41, 5.74) is 2.90. The Morgan fingerprint density at radius 1 is 1.16 bits per heavy atom. The lowest BCUT2D eigenvalue weighted by Gasteiger charge is -2.02. The van der Waals surface area contributed by atoms with Gasteiger partial charge in [0.25, 0.3) is 0 Å². The summed E-state index contributed by atoms with van der Waals surface area (Å²) in [7, 11) is 0. The van der Waals surface area contributed by atoms with Gasteiger partial charge in [-0.3, -0.25) is 4.79 Å². The van der Waals surface area contributed by atoms with Crippen LogP contribution in [0.1, 0.15) is 17.3 Å². The van der Waals surface area contributed by atoms with Gasteiger partial charge in [-0.2, -0.15) is 0 Å². The maximum atomic E-state index is 12.3. The molecule has 1 amide bonds. The van der Waals surface area contributed by atoms with Crippen LogP contribution in [0.5, 0.6) is 0 Å². The highest BCUT2D eigenvalue weighted by atomic mass is 35.5. The number of hydrogen-bond acceptors (Lipinski definition) is 8. The molecule has 0 aliphatic heterocycles. The molecule has 1 N–H and O–H groups in total. The van der Waals surface area contributed by atoms with Crippen molar-refractivity contribution in [2.45, 2.75) is 11.3 Å². The number of carbonyl (C=O) groups is 2. The Balaban J connectivity index is 1.34. The Hall–Kier alpha value is -2.46. The van der Waals surface area contributed by atoms with Crippen LogP contribution in [-0.4, -0.2) is 34.2 Å². The number of esters is 1. The van der Waals surface area contributed by atoms with Crippen molar-refractivity contribution >= 4 is 73.3 Å². The van der Waals surface area contributed by atoms with E-state index in [9.17, 15) is 9.59 Å². The quantitative estimate of drug-likeness (QED) is 0.254. The number of halogens is 1. The molecule has 10 heteroatoms. The molecule has 0 radical (unpaired) electrons. The van der Waals surface area contributed by atoms with E-state index < -0.39 is 0 Å². The van der Waals surface area contributed by atoms with Crippen LogP contribution in [0.3, 0.4) is 0 Å². The third kappa shape index (κ3) is 5.43. The van der Waals surface area contributed by atoms with Crippen molar-refractivity contribution in [2.24, 2.45) is 0 Å². The zero-order chi connectivity index (χ0) is 21.8. The second kappa shape index (κ2) is 9.78. The SMILES string of the molecule is CCOC(=O)c1ccc(-c2csc(NC(=O)CSc3nc4cc(Cl)ccc4s3)n2)cc1. The zero-order valence-corrected chi connectivity index (χ0v) is 19.5. The molecule has 2 aromatic heterocycles. The van der Waals surface area contributed by atoms with Crippen LogP contribution in [0.25, 0.3) is 21.5 Å². The number of thioether (sulfide) groups is 1. The molecule has 158 valence electrons. The van der Waals surface area contributed by atoms with E-state index in [0.717, 1.165) is 25.8 Å². The minimum atomic E-state index is -0.353. The van der Waals surface area contributed by atoms with Gasteiger partial charge in [0.1, 0.15) is 0 Å². The number of fused-ring (bicyclic) bond motifs is 1. The van der Waals surface area contributed by atoms with E-state index in [-0.39, 0.29) is 17.6 Å². The summed E-state index contributed by atoms with van der Waals surface area (Å²) in [6.45, 7) is 2.10. The summed E-state index contributed by atoms with van der Waals surface area (Å²) in [6, 6.07) is 12.6. The minimum absolute atomic E-state index is 0.152. The average Bonchev–Trinajstić information content (AvgIpc) is 3.39. The van der Waals surface area contributed by atoms with Crippen LogP contribution in [0.4, 0.5) is 5.13 Å². The molecule has 2 aromatic carbocycles. The number of thiazole rings is 2. The maximum Gasteiger partial charge on any atom is 0.338 e. The molecule has 0 bridgehead atoms. The fraction of sp³-hybridized carbons (Fsp3) is 0.143. The van der Waals surface area contributed by atoms with Gasteiger partial charge < -0.3 is 10.1 Å². The van der Waals surface area contributed by atoms with Gasteiger partial charge >= 0.3 is 5.97 Å². The Kier molecular flexibility index (Phi) is 6.86. The third-order valence-corrected chi connectivity index (χ3v) is 7.27. The Morgan fingerprint density at radius 3 is 2.74 bits per heavy atom. The molecule has 31 heavy (non-hydrogen) atoms. The largest absolute Gasteiger partial charge is 0.462 e. The minimum Gasteiger partial charge on any atom is -0.462 e. The van der Waals surface area contributed by atoms with E-state index in [1.165, 1.54) is 34.4 Å². The number of carbonyl (C=O) groups excluding carboxylic acids is 2. The number of aromatic nitrogens is 2. The second-order valence-corrected chi connectivity index (χ2v) is 9.81. The number of amides is 1. The van der Waals surface area contributed by atoms with Gasteiger partial charge in [0.05, 0.1) is 33.8 Å². The molecular weight excluding hydrogens is 474 g/mol. The average molecular weight is 490 g/mol. The molecule has 6 nitrogen and oxygen atoms in total. The molecule has 0 fully saturated rings. The van der Waals surface area contributed by atoms with Gasteiger partial charge in [-0.1, -0.05) is 35.5 Å². The van der Waals surface area contributed by atoms with Gasteiger partial charge in [0, 0.05) is 16.0 Å². The topological polar surface area (TPSA) is 81.2 Å². The molecule has 0 aliphatic rings. The highest BCUT2D eigenvalue weighted by molar-refractivity contribution is 8.01. The lowest BCUT2D eigenvalue weighted by molar-refractivity contribution is -0.113. The van der Waals surface area contributed by atoms with Gasteiger partial charge in [-0.15, -0.1) is 22.7 Å². The monoisotopic (exact) mass is 489 g/mol. The predicted molar refractivity (Wildman–Crippen MR) is 127 cm³/mol. The molecule has 0 spiro atoms. The molecule has 0 aliphatic carbocycles. The maximum absolute atomic E-state index is 12.3. The van der Waals surface area contributed by atoms with Crippen molar-refractivity contribution in [1.82, 2.24) is 9.97 Å². The van der Waals surface area contributed by atoms with Crippen molar-refractivity contribution in [3.05, 3.63) is 58.4 Å². The van der Waals surface area contributed by atoms with Crippen molar-refractivity contribution in [3.63, 3.8) is 0 Å². The Bertz CT molecular complexity index is 1240. The zero-order valence-electron chi connectivity index (χ0n) is 16.3. The molecule has 2 heterocycles. The van der Waals surface area contributed by atoms with Crippen LogP contribution < -0.4 is 5.32 Å². The van der Waals surface area contributed by atoms with Crippen LogP contribution in [-0.2, 0) is 9.53 Å². The number of ether oxygens (including phenoxy) is 1. The van der Waals surface area contributed by atoms with E-state index in [4.69, 9.17) is 16.3 Å². The Morgan fingerprint density at radius 2 is 1.97 bits per heavy atom. The fourth-order valence-corrected chi connectivity index (χ4v) is 5.43. The summed E-state index contributed by atoms with van der Waals surface area (Å²) >= 11 is 10.2. The van der Waals surface area contributed by atoms with Crippen molar-refractivity contribution < 1.29 is 14.3 Å². The molecule has 0 atom stereocenters. The van der Waals surface area contributed by atoms with Gasteiger partial charge in [0.2, 0.25) is 5.91 Å². The van der Waals surface area contributed by atoms with Crippen molar-refractivity contribution in [3.8, 4) is 11.3 Å². The Labute approximate surface area is 195 Å².